The maximum Gasteiger partial charge on any atom is 0.218 e. The Hall–Kier alpha value is -1.36. The van der Waals surface area contributed by atoms with Gasteiger partial charge in [0, 0.05) is 6.07 Å². The third-order valence-corrected chi connectivity index (χ3v) is 2.56. The van der Waals surface area contributed by atoms with E-state index >= 15 is 0 Å². The van der Waals surface area contributed by atoms with Gasteiger partial charge in [-0.1, -0.05) is 6.92 Å². The topological polar surface area (TPSA) is 67.3 Å². The Morgan fingerprint density at radius 1 is 1.47 bits per heavy atom. The summed E-state index contributed by atoms with van der Waals surface area (Å²) >= 11 is 0. The fraction of sp³-hybridized carbons (Fsp3) is 0.667. The van der Waals surface area contributed by atoms with Gasteiger partial charge in [-0.15, -0.1) is 0 Å². The maximum atomic E-state index is 9.32. The number of aliphatic hydroxyl groups excluding tert-OH is 1. The number of nitrogens with one attached hydrogen (secondary N) is 1. The normalized spacial score (nSPS) is 14.5. The number of rotatable bonds is 6. The van der Waals surface area contributed by atoms with Crippen LogP contribution in [0.5, 0.6) is 5.88 Å². The summed E-state index contributed by atoms with van der Waals surface area (Å²) in [6.07, 6.45) is 2.33. The van der Waals surface area contributed by atoms with Gasteiger partial charge in [0.2, 0.25) is 5.88 Å². The predicted molar refractivity (Wildman–Crippen MR) is 67.2 cm³/mol. The second kappa shape index (κ2) is 5.82. The molecule has 1 atom stereocenters. The molecule has 0 spiro atoms. The van der Waals surface area contributed by atoms with E-state index in [1.54, 1.807) is 6.07 Å². The lowest BCUT2D eigenvalue weighted by molar-refractivity contribution is 0.218. The third-order valence-electron chi connectivity index (χ3n) is 2.56. The zero-order chi connectivity index (χ0) is 12.9. The van der Waals surface area contributed by atoms with Crippen LogP contribution in [0.15, 0.2) is 12.4 Å². The smallest absolute Gasteiger partial charge is 0.218 e. The molecule has 0 aliphatic carbocycles. The Morgan fingerprint density at radius 2 is 2.18 bits per heavy atom. The minimum atomic E-state index is -0.372. The maximum absolute atomic E-state index is 9.32. The van der Waals surface area contributed by atoms with Crippen LogP contribution in [0.2, 0.25) is 0 Å². The summed E-state index contributed by atoms with van der Waals surface area (Å²) in [6.45, 7) is 7.89. The lowest BCUT2D eigenvalue weighted by Crippen LogP contribution is -2.38. The van der Waals surface area contributed by atoms with Crippen molar-refractivity contribution in [2.24, 2.45) is 0 Å². The summed E-state index contributed by atoms with van der Waals surface area (Å²) in [5.74, 6) is 1.20. The zero-order valence-electron chi connectivity index (χ0n) is 10.9. The summed E-state index contributed by atoms with van der Waals surface area (Å²) in [4.78, 5) is 8.14. The van der Waals surface area contributed by atoms with Crippen molar-refractivity contribution < 1.29 is 9.84 Å². The fourth-order valence-corrected chi connectivity index (χ4v) is 1.26. The van der Waals surface area contributed by atoms with Crippen molar-refractivity contribution in [3.05, 3.63) is 12.4 Å². The lowest BCUT2D eigenvalue weighted by Gasteiger charge is -2.27. The first-order chi connectivity index (χ1) is 7.99. The van der Waals surface area contributed by atoms with E-state index in [9.17, 15) is 5.11 Å². The average molecular weight is 239 g/mol. The van der Waals surface area contributed by atoms with Gasteiger partial charge < -0.3 is 15.2 Å². The number of aromatic nitrogens is 2. The van der Waals surface area contributed by atoms with Crippen LogP contribution in [0.1, 0.15) is 34.1 Å². The molecule has 0 bridgehead atoms. The highest BCUT2D eigenvalue weighted by atomic mass is 16.5. The van der Waals surface area contributed by atoms with E-state index in [2.05, 4.69) is 15.3 Å². The molecule has 1 unspecified atom stereocenters. The van der Waals surface area contributed by atoms with Gasteiger partial charge in [0.25, 0.3) is 0 Å². The molecule has 2 N–H and O–H groups in total. The van der Waals surface area contributed by atoms with Crippen LogP contribution in [0.25, 0.3) is 0 Å². The summed E-state index contributed by atoms with van der Waals surface area (Å²) in [5.41, 5.74) is -0.372. The largest absolute Gasteiger partial charge is 0.475 e. The average Bonchev–Trinajstić information content (AvgIpc) is 2.28. The number of nitrogens with zero attached hydrogens (tertiary/aromatic N) is 2. The van der Waals surface area contributed by atoms with Gasteiger partial charge in [-0.05, 0) is 27.2 Å². The van der Waals surface area contributed by atoms with Gasteiger partial charge in [0.1, 0.15) is 12.1 Å². The van der Waals surface area contributed by atoms with E-state index in [0.717, 1.165) is 6.42 Å². The molecule has 17 heavy (non-hydrogen) atoms. The van der Waals surface area contributed by atoms with Crippen LogP contribution >= 0.6 is 0 Å². The zero-order valence-corrected chi connectivity index (χ0v) is 10.9. The number of anilines is 1. The molecule has 0 amide bonds. The van der Waals surface area contributed by atoms with Crippen molar-refractivity contribution in [2.45, 2.75) is 45.8 Å². The molecular weight excluding hydrogens is 218 g/mol. The molecular formula is C12H21N3O2. The molecule has 96 valence electrons. The van der Waals surface area contributed by atoms with Gasteiger partial charge in [0.05, 0.1) is 18.2 Å². The van der Waals surface area contributed by atoms with Crippen molar-refractivity contribution in [2.75, 3.05) is 11.9 Å². The SMILES string of the molecule is CCC(C)(CO)Nc1cc(OC(C)C)ncn1. The van der Waals surface area contributed by atoms with Crippen LogP contribution in [0.3, 0.4) is 0 Å². The van der Waals surface area contributed by atoms with Crippen molar-refractivity contribution in [3.8, 4) is 5.88 Å². The van der Waals surface area contributed by atoms with Gasteiger partial charge >= 0.3 is 0 Å². The molecule has 0 fully saturated rings. The van der Waals surface area contributed by atoms with Crippen LogP contribution < -0.4 is 10.1 Å². The van der Waals surface area contributed by atoms with E-state index < -0.39 is 0 Å². The molecule has 0 aliphatic heterocycles. The molecule has 1 aromatic rings. The van der Waals surface area contributed by atoms with Crippen molar-refractivity contribution in [1.29, 1.82) is 0 Å². The Balaban J connectivity index is 2.78. The highest BCUT2D eigenvalue weighted by Gasteiger charge is 2.21. The lowest BCUT2D eigenvalue weighted by atomic mass is 10.0. The summed E-state index contributed by atoms with van der Waals surface area (Å²) in [6, 6.07) is 1.74. The van der Waals surface area contributed by atoms with Crippen LogP contribution in [0.4, 0.5) is 5.82 Å². The Kier molecular flexibility index (Phi) is 4.69. The molecule has 0 saturated carbocycles. The van der Waals surface area contributed by atoms with Gasteiger partial charge in [-0.2, -0.15) is 0 Å². The molecule has 1 aromatic heterocycles. The molecule has 1 rings (SSSR count). The summed E-state index contributed by atoms with van der Waals surface area (Å²) in [5, 5.41) is 12.5. The minimum Gasteiger partial charge on any atom is -0.475 e. The van der Waals surface area contributed by atoms with E-state index in [1.165, 1.54) is 6.33 Å². The van der Waals surface area contributed by atoms with Crippen molar-refractivity contribution >= 4 is 5.82 Å². The first kappa shape index (κ1) is 13.7. The molecule has 0 aliphatic rings. The second-order valence-electron chi connectivity index (χ2n) is 4.61. The summed E-state index contributed by atoms with van der Waals surface area (Å²) in [7, 11) is 0. The minimum absolute atomic E-state index is 0.0495. The standard InChI is InChI=1S/C12H21N3O2/c1-5-12(4,7-16)15-10-6-11(14-8-13-10)17-9(2)3/h6,8-9,16H,5,7H2,1-4H3,(H,13,14,15). The molecule has 0 radical (unpaired) electrons. The molecule has 0 aromatic carbocycles. The quantitative estimate of drug-likeness (QED) is 0.792. The Bertz CT molecular complexity index is 351. The first-order valence-electron chi connectivity index (χ1n) is 5.87. The van der Waals surface area contributed by atoms with Crippen LogP contribution in [-0.2, 0) is 0 Å². The predicted octanol–water partition coefficient (Wildman–Crippen LogP) is 1.84. The van der Waals surface area contributed by atoms with E-state index in [0.29, 0.717) is 11.7 Å². The monoisotopic (exact) mass is 239 g/mol. The van der Waals surface area contributed by atoms with Crippen molar-refractivity contribution in [3.63, 3.8) is 0 Å². The highest BCUT2D eigenvalue weighted by Crippen LogP contribution is 2.19. The molecule has 5 heteroatoms. The number of hydrogen-bond acceptors (Lipinski definition) is 5. The van der Waals surface area contributed by atoms with Gasteiger partial charge in [0.15, 0.2) is 0 Å². The first-order valence-corrected chi connectivity index (χ1v) is 5.87. The summed E-state index contributed by atoms with van der Waals surface area (Å²) < 4.78 is 5.48. The second-order valence-corrected chi connectivity index (χ2v) is 4.61. The Morgan fingerprint density at radius 3 is 2.71 bits per heavy atom. The van der Waals surface area contributed by atoms with E-state index in [4.69, 9.17) is 4.74 Å². The number of ether oxygens (including phenoxy) is 1. The van der Waals surface area contributed by atoms with E-state index in [-0.39, 0.29) is 18.2 Å². The molecule has 1 heterocycles. The van der Waals surface area contributed by atoms with Gasteiger partial charge in [-0.25, -0.2) is 9.97 Å². The molecule has 0 saturated heterocycles. The Labute approximate surface area is 102 Å². The van der Waals surface area contributed by atoms with Gasteiger partial charge in [-0.3, -0.25) is 0 Å². The fourth-order valence-electron chi connectivity index (χ4n) is 1.26. The highest BCUT2D eigenvalue weighted by molar-refractivity contribution is 5.39. The number of hydrogen-bond donors (Lipinski definition) is 2. The van der Waals surface area contributed by atoms with Crippen molar-refractivity contribution in [1.82, 2.24) is 9.97 Å². The number of aliphatic hydroxyl groups is 1. The third kappa shape index (κ3) is 4.19. The van der Waals surface area contributed by atoms with Crippen LogP contribution in [0, 0.1) is 0 Å². The van der Waals surface area contributed by atoms with E-state index in [1.807, 2.05) is 27.7 Å². The van der Waals surface area contributed by atoms with Crippen LogP contribution in [-0.4, -0.2) is 33.3 Å². The molecule has 5 nitrogen and oxygen atoms in total.